The summed E-state index contributed by atoms with van der Waals surface area (Å²) < 4.78 is 22.7. The standard InChI is InChI=1S/C54H64Cl6N8O8/c1-65-29-41(39-23-35(55)25-45(57)43(39)31-65)37-7-5-33-27-67(51(69)47(33)49(37)59)13-17-75-21-19-73-15-11-63-53(71)61-9-3-4-10-62-54(72)64-12-16-74-20-22-76-18-14-68-28-34-6-8-38(50(60)48(34)52(68)70)42-30-66(2)32-44-40(42)24-36(56)26-46(44)58/h5-8,23-26,41-42H,3-4,9-22,27-32H2,1-2H3,(H2,61,63,71)(H2,62,64,72). The second-order valence-corrected chi connectivity index (χ2v) is 21.8. The Morgan fingerprint density at radius 1 is 0.500 bits per heavy atom. The maximum atomic E-state index is 13.5. The molecule has 4 aliphatic heterocycles. The van der Waals surface area contributed by atoms with Crippen LogP contribution in [0.3, 0.4) is 0 Å². The number of unbranched alkanes of at least 4 members (excludes halogenated alkanes) is 1. The molecule has 2 atom stereocenters. The fraction of sp³-hybridized carbons (Fsp3) is 0.481. The van der Waals surface area contributed by atoms with Gasteiger partial charge in [-0.05, 0) is 95.7 Å². The van der Waals surface area contributed by atoms with E-state index in [0.717, 1.165) is 57.6 Å². The lowest BCUT2D eigenvalue weighted by Gasteiger charge is -2.34. The number of hydrogen-bond donors (Lipinski definition) is 4. The number of carbonyl (C=O) groups excluding carboxylic acids is 4. The van der Waals surface area contributed by atoms with Gasteiger partial charge in [0.1, 0.15) is 0 Å². The third kappa shape index (κ3) is 14.6. The molecular weight excluding hydrogens is 1100 g/mol. The van der Waals surface area contributed by atoms with Crippen LogP contribution in [-0.2, 0) is 45.1 Å². The van der Waals surface area contributed by atoms with Crippen molar-refractivity contribution in [3.8, 4) is 0 Å². The zero-order valence-electron chi connectivity index (χ0n) is 42.7. The average Bonchev–Trinajstić information content (AvgIpc) is 3.91. The minimum Gasteiger partial charge on any atom is -0.377 e. The number of nitrogens with one attached hydrogen (secondary N) is 4. The molecule has 0 spiro atoms. The van der Waals surface area contributed by atoms with Gasteiger partial charge in [0.15, 0.2) is 0 Å². The number of amides is 6. The molecular formula is C54H64Cl6N8O8. The van der Waals surface area contributed by atoms with Gasteiger partial charge in [0.2, 0.25) is 0 Å². The monoisotopic (exact) mass is 1160 g/mol. The van der Waals surface area contributed by atoms with E-state index in [0.29, 0.717) is 172 Å². The molecule has 4 aromatic carbocycles. The summed E-state index contributed by atoms with van der Waals surface area (Å²) in [6.07, 6.45) is 1.36. The minimum atomic E-state index is -0.301. The molecule has 4 N–H and O–H groups in total. The zero-order chi connectivity index (χ0) is 53.9. The zero-order valence-corrected chi connectivity index (χ0v) is 47.2. The van der Waals surface area contributed by atoms with Crippen LogP contribution in [0.2, 0.25) is 30.1 Å². The first kappa shape index (κ1) is 58.0. The van der Waals surface area contributed by atoms with Crippen molar-refractivity contribution in [1.29, 1.82) is 0 Å². The molecule has 0 bridgehead atoms. The Balaban J connectivity index is 0.592. The molecule has 410 valence electrons. The van der Waals surface area contributed by atoms with Gasteiger partial charge < -0.3 is 59.8 Å². The van der Waals surface area contributed by atoms with Crippen molar-refractivity contribution in [3.05, 3.63) is 134 Å². The Hall–Kier alpha value is -4.14. The molecule has 0 fully saturated rings. The van der Waals surface area contributed by atoms with Crippen LogP contribution in [0, 0.1) is 0 Å². The van der Waals surface area contributed by atoms with E-state index >= 15 is 0 Å². The van der Waals surface area contributed by atoms with Gasteiger partial charge in [0.05, 0.1) is 74.0 Å². The highest BCUT2D eigenvalue weighted by Gasteiger charge is 2.37. The number of ether oxygens (including phenoxy) is 4. The molecule has 16 nitrogen and oxygen atoms in total. The van der Waals surface area contributed by atoms with Crippen molar-refractivity contribution in [1.82, 2.24) is 40.9 Å². The number of urea groups is 2. The van der Waals surface area contributed by atoms with Crippen LogP contribution < -0.4 is 21.3 Å². The van der Waals surface area contributed by atoms with Crippen LogP contribution in [0.25, 0.3) is 0 Å². The molecule has 2 unspecified atom stereocenters. The van der Waals surface area contributed by atoms with Crippen LogP contribution >= 0.6 is 69.6 Å². The molecule has 0 saturated heterocycles. The van der Waals surface area contributed by atoms with Gasteiger partial charge >= 0.3 is 12.1 Å². The molecule has 6 amide bonds. The van der Waals surface area contributed by atoms with E-state index in [1.54, 1.807) is 21.9 Å². The third-order valence-corrected chi connectivity index (χ3v) is 15.9. The first-order valence-electron chi connectivity index (χ1n) is 25.6. The number of benzene rings is 4. The smallest absolute Gasteiger partial charge is 0.314 e. The Bertz CT molecular complexity index is 2570. The molecule has 0 radical (unpaired) electrons. The highest BCUT2D eigenvalue weighted by molar-refractivity contribution is 6.37. The molecule has 0 aliphatic carbocycles. The fourth-order valence-electron chi connectivity index (χ4n) is 10.2. The maximum absolute atomic E-state index is 13.5. The van der Waals surface area contributed by atoms with Crippen LogP contribution in [0.5, 0.6) is 0 Å². The summed E-state index contributed by atoms with van der Waals surface area (Å²) >= 11 is 39.9. The van der Waals surface area contributed by atoms with Crippen LogP contribution in [-0.4, -0.2) is 163 Å². The topological polar surface area (TPSA) is 166 Å². The Labute approximate surface area is 474 Å². The maximum Gasteiger partial charge on any atom is 0.314 e. The number of nitrogens with zero attached hydrogens (tertiary/aromatic N) is 4. The molecule has 8 rings (SSSR count). The van der Waals surface area contributed by atoms with Crippen LogP contribution in [0.4, 0.5) is 9.59 Å². The second-order valence-electron chi connectivity index (χ2n) is 19.4. The van der Waals surface area contributed by atoms with Crippen molar-refractivity contribution in [2.24, 2.45) is 0 Å². The second kappa shape index (κ2) is 27.6. The molecule has 0 saturated carbocycles. The first-order valence-corrected chi connectivity index (χ1v) is 27.8. The lowest BCUT2D eigenvalue weighted by atomic mass is 9.83. The van der Waals surface area contributed by atoms with Gasteiger partial charge in [-0.25, -0.2) is 9.59 Å². The van der Waals surface area contributed by atoms with Crippen molar-refractivity contribution >= 4 is 93.5 Å². The number of hydrogen-bond acceptors (Lipinski definition) is 10. The lowest BCUT2D eigenvalue weighted by Crippen LogP contribution is -2.39. The molecule has 0 aromatic heterocycles. The Morgan fingerprint density at radius 3 is 1.29 bits per heavy atom. The third-order valence-electron chi connectivity index (χ3n) is 14.0. The summed E-state index contributed by atoms with van der Waals surface area (Å²) in [5.41, 5.74) is 8.71. The SMILES string of the molecule is CN1Cc2c(Cl)cc(Cl)cc2C(c2ccc3c(c2Cl)C(=O)N(CCOCCOCCNC(=O)NCCCCNC(=O)NCCOCCOCCN2Cc4ccc(C5CN(C)Cc6c(Cl)cc(Cl)cc65)c(Cl)c4C2=O)C3)C1. The predicted octanol–water partition coefficient (Wildman–Crippen LogP) is 8.82. The quantitative estimate of drug-likeness (QED) is 0.0472. The average molecular weight is 1170 g/mol. The number of carbonyl (C=O) groups is 4. The van der Waals surface area contributed by atoms with E-state index in [-0.39, 0.29) is 35.7 Å². The van der Waals surface area contributed by atoms with E-state index in [4.69, 9.17) is 88.6 Å². The normalized spacial score (nSPS) is 17.2. The summed E-state index contributed by atoms with van der Waals surface area (Å²) in [4.78, 5) is 59.2. The number of halogens is 6. The molecule has 4 heterocycles. The highest BCUT2D eigenvalue weighted by Crippen LogP contribution is 2.45. The number of rotatable bonds is 25. The largest absolute Gasteiger partial charge is 0.377 e. The molecule has 4 aliphatic rings. The van der Waals surface area contributed by atoms with E-state index < -0.39 is 0 Å². The molecule has 4 aromatic rings. The molecule has 22 heteroatoms. The van der Waals surface area contributed by atoms with Gasteiger partial charge in [-0.3, -0.25) is 9.59 Å². The van der Waals surface area contributed by atoms with Crippen molar-refractivity contribution < 1.29 is 38.1 Å². The summed E-state index contributed by atoms with van der Waals surface area (Å²) in [6, 6.07) is 14.8. The van der Waals surface area contributed by atoms with Crippen LogP contribution in [0.15, 0.2) is 48.5 Å². The van der Waals surface area contributed by atoms with Crippen LogP contribution in [0.1, 0.15) is 89.9 Å². The fourth-order valence-corrected chi connectivity index (χ4v) is 12.2. The van der Waals surface area contributed by atoms with E-state index in [1.807, 2.05) is 50.5 Å². The van der Waals surface area contributed by atoms with Gasteiger partial charge in [-0.1, -0.05) is 93.9 Å². The van der Waals surface area contributed by atoms with Gasteiger partial charge in [-0.2, -0.15) is 0 Å². The van der Waals surface area contributed by atoms with E-state index in [2.05, 4.69) is 31.1 Å². The van der Waals surface area contributed by atoms with Gasteiger partial charge in [0.25, 0.3) is 11.8 Å². The van der Waals surface area contributed by atoms with Crippen molar-refractivity contribution in [2.45, 2.75) is 50.9 Å². The first-order chi connectivity index (χ1) is 36.7. The van der Waals surface area contributed by atoms with E-state index in [1.165, 1.54) is 0 Å². The Morgan fingerprint density at radius 2 is 0.882 bits per heavy atom. The molecule has 76 heavy (non-hydrogen) atoms. The predicted molar refractivity (Wildman–Crippen MR) is 297 cm³/mol. The Kier molecular flexibility index (Phi) is 21.1. The number of likely N-dealkylation sites (N-methyl/N-ethyl adjacent to an activating group) is 2. The van der Waals surface area contributed by atoms with Crippen molar-refractivity contribution in [3.63, 3.8) is 0 Å². The summed E-state index contributed by atoms with van der Waals surface area (Å²) in [6.45, 7) is 8.81. The van der Waals surface area contributed by atoms with E-state index in [9.17, 15) is 19.2 Å². The lowest BCUT2D eigenvalue weighted by molar-refractivity contribution is 0.0377. The summed E-state index contributed by atoms with van der Waals surface area (Å²) in [5, 5.41) is 14.4. The van der Waals surface area contributed by atoms with Gasteiger partial charge in [-0.15, -0.1) is 0 Å². The summed E-state index contributed by atoms with van der Waals surface area (Å²) in [7, 11) is 4.07. The number of fused-ring (bicyclic) bond motifs is 4. The van der Waals surface area contributed by atoms with Gasteiger partial charge in [0, 0.05) is 110 Å². The summed E-state index contributed by atoms with van der Waals surface area (Å²) in [5.74, 6) is -0.394. The van der Waals surface area contributed by atoms with Crippen molar-refractivity contribution in [2.75, 3.05) is 119 Å². The highest BCUT2D eigenvalue weighted by atomic mass is 35.5. The minimum absolute atomic E-state index is 0.0789.